The first-order valence-electron chi connectivity index (χ1n) is 3.74. The zero-order valence-corrected chi connectivity index (χ0v) is 7.40. The highest BCUT2D eigenvalue weighted by molar-refractivity contribution is 5.87. The van der Waals surface area contributed by atoms with Gasteiger partial charge in [0.1, 0.15) is 5.76 Å². The first-order valence-corrected chi connectivity index (χ1v) is 3.74. The summed E-state index contributed by atoms with van der Waals surface area (Å²) in [5.41, 5.74) is 0.139. The summed E-state index contributed by atoms with van der Waals surface area (Å²) in [5.74, 6) is 2.26. The smallest absolute Gasteiger partial charge is 0.361 e. The van der Waals surface area contributed by atoms with Crippen molar-refractivity contribution in [2.24, 2.45) is 0 Å². The van der Waals surface area contributed by atoms with Gasteiger partial charge in [-0.15, -0.1) is 6.42 Å². The third-order valence-electron chi connectivity index (χ3n) is 1.36. The lowest BCUT2D eigenvalue weighted by Crippen LogP contribution is -2.13. The molecule has 1 atom stereocenters. The van der Waals surface area contributed by atoms with Crippen LogP contribution in [0.1, 0.15) is 23.2 Å². The van der Waals surface area contributed by atoms with E-state index in [4.69, 9.17) is 15.7 Å². The molecule has 0 N–H and O–H groups in total. The first-order chi connectivity index (χ1) is 6.13. The number of hydrogen-bond acceptors (Lipinski definition) is 4. The molecular formula is C9H9NO3. The standard InChI is InChI=1S/C9H9NO3/c1-4-6(2)12-9(11)8-5-7(3)13-10-8/h1,5-6H,2-3H3. The molecule has 1 aromatic rings. The number of esters is 1. The van der Waals surface area contributed by atoms with Crippen LogP contribution < -0.4 is 0 Å². The maximum atomic E-state index is 11.2. The zero-order valence-electron chi connectivity index (χ0n) is 7.40. The fraction of sp³-hybridized carbons (Fsp3) is 0.333. The Hall–Kier alpha value is -1.76. The van der Waals surface area contributed by atoms with Crippen LogP contribution >= 0.6 is 0 Å². The molecule has 0 spiro atoms. The summed E-state index contributed by atoms with van der Waals surface area (Å²) in [6.45, 7) is 3.29. The number of rotatable bonds is 2. The number of aryl methyl sites for hydroxylation is 1. The predicted molar refractivity (Wildman–Crippen MR) is 45.0 cm³/mol. The topological polar surface area (TPSA) is 52.3 Å². The molecule has 0 radical (unpaired) electrons. The van der Waals surface area contributed by atoms with Crippen molar-refractivity contribution in [1.82, 2.24) is 5.16 Å². The first kappa shape index (κ1) is 9.33. The van der Waals surface area contributed by atoms with Crippen LogP contribution in [0.5, 0.6) is 0 Å². The second-order valence-electron chi connectivity index (χ2n) is 2.54. The van der Waals surface area contributed by atoms with E-state index in [2.05, 4.69) is 11.1 Å². The van der Waals surface area contributed by atoms with E-state index in [0.29, 0.717) is 5.76 Å². The molecule has 0 aliphatic carbocycles. The van der Waals surface area contributed by atoms with Gasteiger partial charge < -0.3 is 9.26 Å². The molecule has 13 heavy (non-hydrogen) atoms. The average molecular weight is 179 g/mol. The van der Waals surface area contributed by atoms with Gasteiger partial charge in [-0.25, -0.2) is 4.79 Å². The summed E-state index contributed by atoms with van der Waals surface area (Å²) < 4.78 is 9.50. The summed E-state index contributed by atoms with van der Waals surface area (Å²) in [6.07, 6.45) is 4.48. The van der Waals surface area contributed by atoms with Crippen LogP contribution in [0, 0.1) is 19.3 Å². The van der Waals surface area contributed by atoms with E-state index in [1.165, 1.54) is 6.07 Å². The number of carbonyl (C=O) groups excluding carboxylic acids is 1. The molecular weight excluding hydrogens is 170 g/mol. The number of nitrogens with zero attached hydrogens (tertiary/aromatic N) is 1. The van der Waals surface area contributed by atoms with Crippen molar-refractivity contribution >= 4 is 5.97 Å². The minimum Gasteiger partial charge on any atom is -0.445 e. The van der Waals surface area contributed by atoms with Crippen LogP contribution in [-0.2, 0) is 4.74 Å². The second kappa shape index (κ2) is 3.76. The molecule has 1 aromatic heterocycles. The third-order valence-corrected chi connectivity index (χ3v) is 1.36. The Morgan fingerprint density at radius 1 is 1.85 bits per heavy atom. The Bertz CT molecular complexity index is 348. The largest absolute Gasteiger partial charge is 0.445 e. The minimum atomic E-state index is -0.567. The predicted octanol–water partition coefficient (Wildman–Crippen LogP) is 1.16. The molecule has 0 aliphatic rings. The summed E-state index contributed by atoms with van der Waals surface area (Å²) >= 11 is 0. The van der Waals surface area contributed by atoms with Gasteiger partial charge >= 0.3 is 5.97 Å². The number of aromatic nitrogens is 1. The van der Waals surface area contributed by atoms with Gasteiger partial charge in [0.25, 0.3) is 0 Å². The highest BCUT2D eigenvalue weighted by Gasteiger charge is 2.14. The van der Waals surface area contributed by atoms with Gasteiger partial charge in [0, 0.05) is 6.07 Å². The monoisotopic (exact) mass is 179 g/mol. The zero-order chi connectivity index (χ0) is 9.84. The molecule has 0 aromatic carbocycles. The molecule has 4 nitrogen and oxygen atoms in total. The Morgan fingerprint density at radius 2 is 2.54 bits per heavy atom. The van der Waals surface area contributed by atoms with Gasteiger partial charge in [-0.2, -0.15) is 0 Å². The molecule has 1 heterocycles. The number of terminal acetylenes is 1. The van der Waals surface area contributed by atoms with Crippen LogP contribution in [0.25, 0.3) is 0 Å². The Morgan fingerprint density at radius 3 is 3.00 bits per heavy atom. The van der Waals surface area contributed by atoms with E-state index in [-0.39, 0.29) is 5.69 Å². The second-order valence-corrected chi connectivity index (χ2v) is 2.54. The van der Waals surface area contributed by atoms with Crippen molar-refractivity contribution in [2.45, 2.75) is 20.0 Å². The SMILES string of the molecule is C#CC(C)OC(=O)c1cc(C)on1. The minimum absolute atomic E-state index is 0.139. The average Bonchev–Trinajstić information content (AvgIpc) is 2.51. The van der Waals surface area contributed by atoms with Gasteiger partial charge in [-0.1, -0.05) is 11.1 Å². The van der Waals surface area contributed by atoms with Gasteiger partial charge in [0.15, 0.2) is 11.8 Å². The van der Waals surface area contributed by atoms with Gasteiger partial charge in [0.05, 0.1) is 0 Å². The van der Waals surface area contributed by atoms with E-state index in [1.807, 2.05) is 0 Å². The summed E-state index contributed by atoms with van der Waals surface area (Å²) in [4.78, 5) is 11.2. The number of carbonyl (C=O) groups is 1. The third kappa shape index (κ3) is 2.34. The van der Waals surface area contributed by atoms with Crippen LogP contribution in [0.4, 0.5) is 0 Å². The Labute approximate surface area is 75.9 Å². The molecule has 1 rings (SSSR count). The molecule has 68 valence electrons. The lowest BCUT2D eigenvalue weighted by atomic mass is 10.4. The lowest BCUT2D eigenvalue weighted by molar-refractivity contribution is 0.0427. The van der Waals surface area contributed by atoms with Crippen LogP contribution in [0.2, 0.25) is 0 Å². The lowest BCUT2D eigenvalue weighted by Gasteiger charge is -2.03. The summed E-state index contributed by atoms with van der Waals surface area (Å²) in [6, 6.07) is 1.49. The van der Waals surface area contributed by atoms with Crippen molar-refractivity contribution in [3.63, 3.8) is 0 Å². The normalized spacial score (nSPS) is 11.8. The van der Waals surface area contributed by atoms with Gasteiger partial charge in [0.2, 0.25) is 0 Å². The maximum absolute atomic E-state index is 11.2. The molecule has 0 saturated heterocycles. The highest BCUT2D eigenvalue weighted by Crippen LogP contribution is 2.04. The van der Waals surface area contributed by atoms with E-state index in [1.54, 1.807) is 13.8 Å². The number of hydrogen-bond donors (Lipinski definition) is 0. The Balaban J connectivity index is 2.65. The molecule has 0 saturated carbocycles. The number of ether oxygens (including phenoxy) is 1. The summed E-state index contributed by atoms with van der Waals surface area (Å²) in [5, 5.41) is 3.48. The van der Waals surface area contributed by atoms with Gasteiger partial charge in [-0.3, -0.25) is 0 Å². The summed E-state index contributed by atoms with van der Waals surface area (Å²) in [7, 11) is 0. The van der Waals surface area contributed by atoms with Crippen molar-refractivity contribution < 1.29 is 14.1 Å². The molecule has 0 fully saturated rings. The molecule has 0 amide bonds. The highest BCUT2D eigenvalue weighted by atomic mass is 16.5. The molecule has 1 unspecified atom stereocenters. The Kier molecular flexibility index (Phi) is 2.70. The van der Waals surface area contributed by atoms with Crippen LogP contribution in [0.15, 0.2) is 10.6 Å². The molecule has 0 bridgehead atoms. The maximum Gasteiger partial charge on any atom is 0.361 e. The van der Waals surface area contributed by atoms with Crippen molar-refractivity contribution in [1.29, 1.82) is 0 Å². The van der Waals surface area contributed by atoms with Crippen LogP contribution in [-0.4, -0.2) is 17.2 Å². The van der Waals surface area contributed by atoms with E-state index in [9.17, 15) is 4.79 Å². The van der Waals surface area contributed by atoms with Crippen LogP contribution in [0.3, 0.4) is 0 Å². The fourth-order valence-corrected chi connectivity index (χ4v) is 0.718. The van der Waals surface area contributed by atoms with Gasteiger partial charge in [-0.05, 0) is 13.8 Å². The van der Waals surface area contributed by atoms with E-state index in [0.717, 1.165) is 0 Å². The fourth-order valence-electron chi connectivity index (χ4n) is 0.718. The molecule has 0 aliphatic heterocycles. The van der Waals surface area contributed by atoms with Crippen molar-refractivity contribution in [2.75, 3.05) is 0 Å². The van der Waals surface area contributed by atoms with E-state index < -0.39 is 12.1 Å². The van der Waals surface area contributed by atoms with Crippen molar-refractivity contribution in [3.05, 3.63) is 17.5 Å². The van der Waals surface area contributed by atoms with Crippen molar-refractivity contribution in [3.8, 4) is 12.3 Å². The molecule has 4 heteroatoms. The van der Waals surface area contributed by atoms with E-state index >= 15 is 0 Å². The quantitative estimate of drug-likeness (QED) is 0.505.